The molecule has 15 rings (SSSR count). The van der Waals surface area contributed by atoms with Crippen LogP contribution in [0.3, 0.4) is 0 Å². The van der Waals surface area contributed by atoms with Crippen molar-refractivity contribution in [2.75, 3.05) is 0 Å². The van der Waals surface area contributed by atoms with E-state index in [4.69, 9.17) is 0 Å². The van der Waals surface area contributed by atoms with Crippen molar-refractivity contribution in [3.63, 3.8) is 0 Å². The molecule has 0 aliphatic heterocycles. The third-order valence-electron chi connectivity index (χ3n) is 23.0. The number of aryl methyl sites for hydroxylation is 4. The van der Waals surface area contributed by atoms with Crippen molar-refractivity contribution < 1.29 is 9.59 Å². The Balaban J connectivity index is 0.986. The molecule has 10 heteroatoms. The van der Waals surface area contributed by atoms with Crippen molar-refractivity contribution in [2.45, 2.75) is 180 Å². The van der Waals surface area contributed by atoms with Gasteiger partial charge in [0.2, 0.25) is 0 Å². The Hall–Kier alpha value is -9.36. The van der Waals surface area contributed by atoms with Crippen LogP contribution in [0.5, 0.6) is 0 Å². The van der Waals surface area contributed by atoms with Gasteiger partial charge < -0.3 is 0 Å². The van der Waals surface area contributed by atoms with Gasteiger partial charge in [-0.3, -0.25) is 9.59 Å². The van der Waals surface area contributed by atoms with E-state index < -0.39 is 22.7 Å². The lowest BCUT2D eigenvalue weighted by Crippen LogP contribution is -2.30. The quantitative estimate of drug-likeness (QED) is 0.0355. The summed E-state index contributed by atoms with van der Waals surface area (Å²) in [6.07, 6.45) is 23.7. The minimum Gasteiger partial charge on any atom is -0.293 e. The van der Waals surface area contributed by atoms with Crippen LogP contribution in [0.4, 0.5) is 0 Å². The molecule has 0 spiro atoms. The van der Waals surface area contributed by atoms with Crippen LogP contribution in [0, 0.1) is 57.2 Å². The Morgan fingerprint density at radius 2 is 0.654 bits per heavy atom. The van der Waals surface area contributed by atoms with E-state index in [9.17, 15) is 30.6 Å². The fraction of sp³-hybridized carbons (Fsp3) is 0.319. The third-order valence-corrected chi connectivity index (χ3v) is 27.9. The van der Waals surface area contributed by atoms with E-state index in [1.165, 1.54) is 174 Å². The van der Waals surface area contributed by atoms with Crippen molar-refractivity contribution in [3.8, 4) is 45.2 Å². The highest BCUT2D eigenvalue weighted by Gasteiger charge is 2.55. The van der Waals surface area contributed by atoms with E-state index in [-0.39, 0.29) is 22.7 Å². The molecular formula is C94H86N4O2S4. The molecule has 518 valence electrons. The number of hydrogen-bond donors (Lipinski definition) is 0. The molecule has 6 nitrogen and oxygen atoms in total. The summed E-state index contributed by atoms with van der Waals surface area (Å²) >= 11 is 7.25. The van der Waals surface area contributed by atoms with Crippen LogP contribution in [0.15, 0.2) is 181 Å². The van der Waals surface area contributed by atoms with Gasteiger partial charge in [0, 0.05) is 51.2 Å². The SMILES string of the molecule is CCCCCCc1ccc(C2(c3ccc(CCCCCC)cc3)c3cc4c(cc3-c3sc5cc(CC6C(=O)c7ccccc7C6=C(C#N)C#N)sc5c32)C(c2ccc(CCCCCC)cc2)(c2ccc(CCCCCC)cc2)c2c-4sc3cc(CC4C(=O)c5ccccc5C4=C(C#N)C#N)sc23)cc1. The molecule has 0 amide bonds. The van der Waals surface area contributed by atoms with Crippen LogP contribution < -0.4 is 0 Å². The highest BCUT2D eigenvalue weighted by molar-refractivity contribution is 7.30. The maximum Gasteiger partial charge on any atom is 0.171 e. The first-order chi connectivity index (χ1) is 51.1. The molecule has 4 aliphatic rings. The van der Waals surface area contributed by atoms with E-state index in [0.29, 0.717) is 46.2 Å². The average molecular weight is 1430 g/mol. The van der Waals surface area contributed by atoms with Crippen LogP contribution in [0.25, 0.3) is 50.8 Å². The van der Waals surface area contributed by atoms with Crippen molar-refractivity contribution >= 4 is 86.9 Å². The Morgan fingerprint density at radius 1 is 0.356 bits per heavy atom. The molecule has 2 unspecified atom stereocenters. The van der Waals surface area contributed by atoms with E-state index >= 15 is 0 Å². The first kappa shape index (κ1) is 70.3. The number of Topliss-reactive ketones (excluding diaryl/α,β-unsaturated/α-hetero) is 2. The number of ketones is 2. The molecule has 4 aromatic heterocycles. The number of hydrogen-bond acceptors (Lipinski definition) is 10. The number of rotatable bonds is 28. The standard InChI is InChI=1S/C94H86N4O2S4/c1-5-9-13-17-25-59-33-41-65(42-34-59)93(66-43-35-60(36-44-66)26-18-14-10-6-2)79-53-76-80(54-75(79)89-85(93)91-81(103-89)51-69(101-91)49-77-83(63(55-95)56-96)71-29-21-23-31-73(71)87(77)99)94(67-45-37-61(38-46-67)27-19-15-11-7-3,68-47-39-62(40-48-68)28-20-16-12-8-4)86-90(76)104-82-52-70(102-92(82)86)50-78-84(64(57-97)58-98)72-30-22-24-32-74(72)88(78)100/h21-24,29-48,51-54,77-78H,5-20,25-28,49-50H2,1-4H3. The highest BCUT2D eigenvalue weighted by atomic mass is 32.1. The summed E-state index contributed by atoms with van der Waals surface area (Å²) in [5, 5.41) is 41.9. The van der Waals surface area contributed by atoms with Crippen LogP contribution in [0.1, 0.15) is 239 Å². The molecule has 4 heterocycles. The van der Waals surface area contributed by atoms with E-state index in [0.717, 1.165) is 70.5 Å². The van der Waals surface area contributed by atoms with Crippen molar-refractivity contribution in [1.82, 2.24) is 0 Å². The average Bonchev–Trinajstić information content (AvgIpc) is 1.49. The number of nitrogens with zero attached hydrogens (tertiary/aromatic N) is 4. The van der Waals surface area contributed by atoms with Gasteiger partial charge in [-0.25, -0.2) is 0 Å². The summed E-state index contributed by atoms with van der Waals surface area (Å²) in [5.74, 6) is -1.46. The van der Waals surface area contributed by atoms with Gasteiger partial charge in [-0.05, 0) is 178 Å². The molecule has 104 heavy (non-hydrogen) atoms. The summed E-state index contributed by atoms with van der Waals surface area (Å²) < 4.78 is 4.69. The number of thiophene rings is 4. The number of unbranched alkanes of at least 4 members (excludes halogenated alkanes) is 12. The normalized spacial score (nSPS) is 15.5. The minimum atomic E-state index is -0.810. The number of carbonyl (C=O) groups excluding carboxylic acids is 2. The zero-order chi connectivity index (χ0) is 71.6. The van der Waals surface area contributed by atoms with Crippen LogP contribution in [-0.4, -0.2) is 11.6 Å². The van der Waals surface area contributed by atoms with Crippen molar-refractivity contribution in [2.24, 2.45) is 11.8 Å². The Bertz CT molecular complexity index is 4890. The predicted molar refractivity (Wildman–Crippen MR) is 431 cm³/mol. The monoisotopic (exact) mass is 1430 g/mol. The first-order valence-corrected chi connectivity index (χ1v) is 41.4. The molecule has 0 fully saturated rings. The van der Waals surface area contributed by atoms with E-state index in [2.05, 4.69) is 173 Å². The van der Waals surface area contributed by atoms with Gasteiger partial charge in [0.05, 0.1) is 32.1 Å². The van der Waals surface area contributed by atoms with Gasteiger partial charge >= 0.3 is 0 Å². The molecule has 0 bridgehead atoms. The van der Waals surface area contributed by atoms with Crippen LogP contribution in [-0.2, 0) is 49.4 Å². The number of allylic oxidation sites excluding steroid dienone is 4. The van der Waals surface area contributed by atoms with Crippen LogP contribution in [0.2, 0.25) is 0 Å². The second-order valence-corrected chi connectivity index (χ2v) is 33.6. The molecule has 11 aromatic rings. The third kappa shape index (κ3) is 12.2. The second-order valence-electron chi connectivity index (χ2n) is 29.3. The number of carbonyl (C=O) groups is 2. The van der Waals surface area contributed by atoms with Gasteiger partial charge in [0.25, 0.3) is 0 Å². The summed E-state index contributed by atoms with van der Waals surface area (Å²) in [6.45, 7) is 9.09. The Kier molecular flexibility index (Phi) is 20.5. The number of fused-ring (bicyclic) bond motifs is 12. The lowest BCUT2D eigenvalue weighted by molar-refractivity contribution is 0.0950. The minimum absolute atomic E-state index is 0.00954. The van der Waals surface area contributed by atoms with Gasteiger partial charge in [-0.15, -0.1) is 45.3 Å². The fourth-order valence-corrected chi connectivity index (χ4v) is 23.5. The first-order valence-electron chi connectivity index (χ1n) is 38.1. The highest BCUT2D eigenvalue weighted by Crippen LogP contribution is 2.68. The maximum absolute atomic E-state index is 14.7. The van der Waals surface area contributed by atoms with Gasteiger partial charge in [-0.1, -0.05) is 250 Å². The smallest absolute Gasteiger partial charge is 0.171 e. The topological polar surface area (TPSA) is 129 Å². The van der Waals surface area contributed by atoms with Crippen LogP contribution >= 0.6 is 45.3 Å². The van der Waals surface area contributed by atoms with Gasteiger partial charge in [0.1, 0.15) is 35.4 Å². The van der Waals surface area contributed by atoms with Crippen molar-refractivity contribution in [1.29, 1.82) is 21.0 Å². The Labute approximate surface area is 629 Å². The van der Waals surface area contributed by atoms with Gasteiger partial charge in [-0.2, -0.15) is 21.0 Å². The lowest BCUT2D eigenvalue weighted by atomic mass is 9.65. The van der Waals surface area contributed by atoms with E-state index in [1.54, 1.807) is 22.7 Å². The molecule has 7 aromatic carbocycles. The molecule has 4 aliphatic carbocycles. The van der Waals surface area contributed by atoms with Gasteiger partial charge in [0.15, 0.2) is 11.6 Å². The molecule has 0 N–H and O–H groups in total. The molecule has 0 saturated carbocycles. The maximum atomic E-state index is 14.7. The van der Waals surface area contributed by atoms with Crippen molar-refractivity contribution in [3.05, 3.63) is 280 Å². The molecular weight excluding hydrogens is 1350 g/mol. The fourth-order valence-electron chi connectivity index (χ4n) is 17.8. The molecule has 0 radical (unpaired) electrons. The zero-order valence-electron chi connectivity index (χ0n) is 60.1. The molecule has 2 atom stereocenters. The summed E-state index contributed by atoms with van der Waals surface area (Å²) in [7, 11) is 0. The summed E-state index contributed by atoms with van der Waals surface area (Å²) in [4.78, 5) is 34.0. The zero-order valence-corrected chi connectivity index (χ0v) is 63.4. The second kappa shape index (κ2) is 30.4. The summed E-state index contributed by atoms with van der Waals surface area (Å²) in [6, 6.07) is 72.2. The van der Waals surface area contributed by atoms with E-state index in [1.807, 2.05) is 71.2 Å². The largest absolute Gasteiger partial charge is 0.293 e. The number of nitriles is 4. The number of benzene rings is 7. The predicted octanol–water partition coefficient (Wildman–Crippen LogP) is 25.2. The lowest BCUT2D eigenvalue weighted by Gasteiger charge is -2.36. The molecule has 0 saturated heterocycles. The Morgan fingerprint density at radius 3 is 0.942 bits per heavy atom. The summed E-state index contributed by atoms with van der Waals surface area (Å²) in [5.41, 5.74) is 19.5.